The highest BCUT2D eigenvalue weighted by Gasteiger charge is 2.12. The van der Waals surface area contributed by atoms with Crippen LogP contribution in [0.15, 0.2) is 0 Å². The van der Waals surface area contributed by atoms with Crippen LogP contribution in [0.25, 0.3) is 0 Å². The molecule has 0 saturated carbocycles. The third-order valence-corrected chi connectivity index (χ3v) is 1.91. The summed E-state index contributed by atoms with van der Waals surface area (Å²) < 4.78 is 4.83. The quantitative estimate of drug-likeness (QED) is 0.431. The van der Waals surface area contributed by atoms with Crippen LogP contribution in [0.5, 0.6) is 0 Å². The summed E-state index contributed by atoms with van der Waals surface area (Å²) in [5, 5.41) is 11.1. The summed E-state index contributed by atoms with van der Waals surface area (Å²) >= 11 is 0. The Kier molecular flexibility index (Phi) is 8.41. The van der Waals surface area contributed by atoms with Gasteiger partial charge in [0.05, 0.1) is 26.3 Å². The van der Waals surface area contributed by atoms with Crippen molar-refractivity contribution in [3.63, 3.8) is 0 Å². The summed E-state index contributed by atoms with van der Waals surface area (Å²) in [7, 11) is 1.53. The number of aliphatic hydroxyl groups is 1. The van der Waals surface area contributed by atoms with Crippen molar-refractivity contribution in [2.24, 2.45) is 5.73 Å². The largest absolute Gasteiger partial charge is 0.395 e. The molecule has 0 spiro atoms. The lowest BCUT2D eigenvalue weighted by Gasteiger charge is -2.21. The first-order valence-electron chi connectivity index (χ1n) is 5.00. The van der Waals surface area contributed by atoms with Crippen LogP contribution in [0.2, 0.25) is 0 Å². The summed E-state index contributed by atoms with van der Waals surface area (Å²) in [4.78, 5) is 23.8. The molecule has 0 saturated heterocycles. The van der Waals surface area contributed by atoms with E-state index in [0.717, 1.165) is 0 Å². The van der Waals surface area contributed by atoms with Crippen molar-refractivity contribution in [2.75, 3.05) is 46.5 Å². The van der Waals surface area contributed by atoms with Crippen molar-refractivity contribution in [1.82, 2.24) is 10.2 Å². The Bertz CT molecular complexity index is 223. The molecular weight excluding hydrogens is 214 g/mol. The molecule has 0 aliphatic heterocycles. The highest BCUT2D eigenvalue weighted by molar-refractivity contribution is 5.85. The third kappa shape index (κ3) is 6.33. The fourth-order valence-electron chi connectivity index (χ4n) is 1.04. The molecule has 0 unspecified atom stereocenters. The number of carbonyl (C=O) groups excluding carboxylic acids is 2. The molecule has 7 nitrogen and oxygen atoms in total. The summed E-state index contributed by atoms with van der Waals surface area (Å²) in [5.41, 5.74) is 5.08. The van der Waals surface area contributed by atoms with Gasteiger partial charge in [0.25, 0.3) is 0 Å². The average Bonchev–Trinajstić information content (AvgIpc) is 2.30. The number of ether oxygens (including phenoxy) is 1. The van der Waals surface area contributed by atoms with E-state index in [9.17, 15) is 9.59 Å². The molecule has 0 bridgehead atoms. The molecular formula is C9H19N3O4. The van der Waals surface area contributed by atoms with E-state index in [1.807, 2.05) is 0 Å². The molecule has 0 radical (unpaired) electrons. The van der Waals surface area contributed by atoms with Gasteiger partial charge >= 0.3 is 0 Å². The minimum absolute atomic E-state index is 0.111. The number of carbonyl (C=O) groups is 2. The van der Waals surface area contributed by atoms with Crippen LogP contribution in [0.4, 0.5) is 0 Å². The second-order valence-corrected chi connectivity index (χ2v) is 3.08. The maximum absolute atomic E-state index is 11.6. The number of nitrogens with zero attached hydrogens (tertiary/aromatic N) is 1. The number of amides is 2. The maximum atomic E-state index is 11.6. The molecule has 2 amide bonds. The van der Waals surface area contributed by atoms with E-state index in [2.05, 4.69) is 5.32 Å². The second kappa shape index (κ2) is 9.08. The summed E-state index contributed by atoms with van der Waals surface area (Å²) in [6.45, 7) is 0.608. The lowest BCUT2D eigenvalue weighted by Crippen LogP contribution is -2.44. The highest BCUT2D eigenvalue weighted by Crippen LogP contribution is 1.89. The Morgan fingerprint density at radius 3 is 2.62 bits per heavy atom. The van der Waals surface area contributed by atoms with Crippen LogP contribution in [0.1, 0.15) is 0 Å². The number of hydrogen-bond acceptors (Lipinski definition) is 5. The predicted molar refractivity (Wildman–Crippen MR) is 57.6 cm³/mol. The van der Waals surface area contributed by atoms with Gasteiger partial charge in [-0.25, -0.2) is 0 Å². The standard InChI is InChI=1S/C9H19N3O4/c1-16-5-3-12(2-4-13)9(15)7-11-8(14)6-10/h13H,2-7,10H2,1H3,(H,11,14). The Balaban J connectivity index is 4.00. The molecule has 0 aromatic rings. The highest BCUT2D eigenvalue weighted by atomic mass is 16.5. The smallest absolute Gasteiger partial charge is 0.242 e. The average molecular weight is 233 g/mol. The first-order valence-corrected chi connectivity index (χ1v) is 5.00. The SMILES string of the molecule is COCCN(CCO)C(=O)CNC(=O)CN. The van der Waals surface area contributed by atoms with Crippen LogP contribution < -0.4 is 11.1 Å². The molecule has 0 heterocycles. The molecule has 94 valence electrons. The number of hydrogen-bond donors (Lipinski definition) is 3. The van der Waals surface area contributed by atoms with E-state index in [-0.39, 0.29) is 38.1 Å². The molecule has 4 N–H and O–H groups in total. The van der Waals surface area contributed by atoms with E-state index in [1.165, 1.54) is 12.0 Å². The minimum atomic E-state index is -0.385. The molecule has 16 heavy (non-hydrogen) atoms. The zero-order valence-corrected chi connectivity index (χ0v) is 9.44. The van der Waals surface area contributed by atoms with Gasteiger partial charge < -0.3 is 25.8 Å². The van der Waals surface area contributed by atoms with Crippen molar-refractivity contribution in [3.05, 3.63) is 0 Å². The first kappa shape index (κ1) is 14.8. The molecule has 0 fully saturated rings. The van der Waals surface area contributed by atoms with Crippen molar-refractivity contribution in [1.29, 1.82) is 0 Å². The van der Waals surface area contributed by atoms with Crippen molar-refractivity contribution in [3.8, 4) is 0 Å². The minimum Gasteiger partial charge on any atom is -0.395 e. The molecule has 7 heteroatoms. The van der Waals surface area contributed by atoms with Crippen LogP contribution in [0.3, 0.4) is 0 Å². The fourth-order valence-corrected chi connectivity index (χ4v) is 1.04. The van der Waals surface area contributed by atoms with Crippen molar-refractivity contribution in [2.45, 2.75) is 0 Å². The Morgan fingerprint density at radius 1 is 1.44 bits per heavy atom. The summed E-state index contributed by atoms with van der Waals surface area (Å²) in [6.07, 6.45) is 0. The number of aliphatic hydroxyl groups excluding tert-OH is 1. The van der Waals surface area contributed by atoms with Crippen LogP contribution in [-0.4, -0.2) is 68.3 Å². The van der Waals surface area contributed by atoms with Gasteiger partial charge in [-0.3, -0.25) is 9.59 Å². The molecule has 0 aliphatic rings. The Hall–Kier alpha value is -1.18. The lowest BCUT2D eigenvalue weighted by molar-refractivity contribution is -0.133. The second-order valence-electron chi connectivity index (χ2n) is 3.08. The van der Waals surface area contributed by atoms with E-state index >= 15 is 0 Å². The zero-order valence-electron chi connectivity index (χ0n) is 9.44. The summed E-state index contributed by atoms with van der Waals surface area (Å²) in [6, 6.07) is 0. The number of rotatable bonds is 8. The van der Waals surface area contributed by atoms with Gasteiger partial charge in [0, 0.05) is 20.2 Å². The van der Waals surface area contributed by atoms with Gasteiger partial charge in [-0.15, -0.1) is 0 Å². The molecule has 0 atom stereocenters. The number of nitrogens with one attached hydrogen (secondary N) is 1. The summed E-state index contributed by atoms with van der Waals surface area (Å²) in [5.74, 6) is -0.656. The fraction of sp³-hybridized carbons (Fsp3) is 0.778. The van der Waals surface area contributed by atoms with Crippen LogP contribution in [0, 0.1) is 0 Å². The first-order chi connectivity index (χ1) is 7.65. The monoisotopic (exact) mass is 233 g/mol. The third-order valence-electron chi connectivity index (χ3n) is 1.91. The van der Waals surface area contributed by atoms with Gasteiger partial charge in [0.1, 0.15) is 0 Å². The van der Waals surface area contributed by atoms with Gasteiger partial charge in [-0.05, 0) is 0 Å². The van der Waals surface area contributed by atoms with Gasteiger partial charge in [-0.2, -0.15) is 0 Å². The molecule has 0 aromatic carbocycles. The van der Waals surface area contributed by atoms with E-state index in [4.69, 9.17) is 15.6 Å². The van der Waals surface area contributed by atoms with Crippen LogP contribution >= 0.6 is 0 Å². The molecule has 0 aromatic heterocycles. The van der Waals surface area contributed by atoms with E-state index < -0.39 is 0 Å². The number of methoxy groups -OCH3 is 1. The van der Waals surface area contributed by atoms with E-state index in [0.29, 0.717) is 13.2 Å². The molecule has 0 aliphatic carbocycles. The molecule has 0 rings (SSSR count). The lowest BCUT2D eigenvalue weighted by atomic mass is 10.4. The van der Waals surface area contributed by atoms with E-state index in [1.54, 1.807) is 0 Å². The Morgan fingerprint density at radius 2 is 2.12 bits per heavy atom. The van der Waals surface area contributed by atoms with Crippen LogP contribution in [-0.2, 0) is 14.3 Å². The van der Waals surface area contributed by atoms with Gasteiger partial charge in [0.2, 0.25) is 11.8 Å². The zero-order chi connectivity index (χ0) is 12.4. The van der Waals surface area contributed by atoms with Crippen molar-refractivity contribution >= 4 is 11.8 Å². The predicted octanol–water partition coefficient (Wildman–Crippen LogP) is -2.47. The Labute approximate surface area is 94.5 Å². The normalized spacial score (nSPS) is 9.94. The maximum Gasteiger partial charge on any atom is 0.242 e. The van der Waals surface area contributed by atoms with Gasteiger partial charge in [-0.1, -0.05) is 0 Å². The van der Waals surface area contributed by atoms with Crippen molar-refractivity contribution < 1.29 is 19.4 Å². The topological polar surface area (TPSA) is 105 Å². The van der Waals surface area contributed by atoms with Gasteiger partial charge in [0.15, 0.2) is 0 Å². The number of nitrogens with two attached hydrogens (primary N) is 1.